The maximum absolute atomic E-state index is 3.44. The molecule has 0 radical (unpaired) electrons. The summed E-state index contributed by atoms with van der Waals surface area (Å²) in [5, 5.41) is 0. The molecule has 0 amide bonds. The van der Waals surface area contributed by atoms with Crippen LogP contribution in [0.25, 0.3) is 0 Å². The van der Waals surface area contributed by atoms with Crippen LogP contribution in [-0.2, 0) is 6.42 Å². The predicted molar refractivity (Wildman–Crippen MR) is 91.2 cm³/mol. The van der Waals surface area contributed by atoms with Crippen molar-refractivity contribution in [3.05, 3.63) is 71.3 Å². The first kappa shape index (κ1) is 15.4. The third kappa shape index (κ3) is 5.48. The van der Waals surface area contributed by atoms with Crippen molar-refractivity contribution in [3.63, 3.8) is 0 Å². The monoisotopic (exact) mass is 276 g/mol. The van der Waals surface area contributed by atoms with E-state index < -0.39 is 0 Å². The van der Waals surface area contributed by atoms with Crippen molar-refractivity contribution in [1.82, 2.24) is 0 Å². The lowest BCUT2D eigenvalue weighted by Gasteiger charge is -2.07. The minimum Gasteiger partial charge on any atom is -0.0945 e. The Morgan fingerprint density at radius 1 is 0.952 bits per heavy atom. The van der Waals surface area contributed by atoms with E-state index in [2.05, 4.69) is 80.3 Å². The predicted octanol–water partition coefficient (Wildman–Crippen LogP) is 5.40. The second-order valence-corrected chi connectivity index (χ2v) is 5.62. The van der Waals surface area contributed by atoms with Crippen LogP contribution in [0.3, 0.4) is 0 Å². The quantitative estimate of drug-likeness (QED) is 0.642. The fourth-order valence-electron chi connectivity index (χ4n) is 2.40. The minimum absolute atomic E-state index is 0.509. The molecule has 108 valence electrons. The molecule has 0 heteroatoms. The Morgan fingerprint density at radius 2 is 1.67 bits per heavy atom. The summed E-state index contributed by atoms with van der Waals surface area (Å²) in [5.41, 5.74) is 3.84. The van der Waals surface area contributed by atoms with Gasteiger partial charge < -0.3 is 0 Å². The summed E-state index contributed by atoms with van der Waals surface area (Å²) in [5.74, 6) is 7.27. The summed E-state index contributed by atoms with van der Waals surface area (Å²) in [6, 6.07) is 19.2. The molecule has 0 spiro atoms. The van der Waals surface area contributed by atoms with Crippen molar-refractivity contribution < 1.29 is 0 Å². The van der Waals surface area contributed by atoms with Gasteiger partial charge in [0.05, 0.1) is 0 Å². The van der Waals surface area contributed by atoms with E-state index in [-0.39, 0.29) is 0 Å². The van der Waals surface area contributed by atoms with Gasteiger partial charge in [-0.15, -0.1) is 0 Å². The largest absolute Gasteiger partial charge is 0.0945 e. The first-order valence-corrected chi connectivity index (χ1v) is 7.90. The highest BCUT2D eigenvalue weighted by molar-refractivity contribution is 5.36. The third-order valence-electron chi connectivity index (χ3n) is 3.83. The summed E-state index contributed by atoms with van der Waals surface area (Å²) >= 11 is 0. The average molecular weight is 276 g/mol. The Bertz CT molecular complexity index is 581. The lowest BCUT2D eigenvalue weighted by atomic mass is 9.97. The molecule has 0 aliphatic heterocycles. The summed E-state index contributed by atoms with van der Waals surface area (Å²) < 4.78 is 0. The molecular formula is C21H24. The molecule has 2 aromatic carbocycles. The van der Waals surface area contributed by atoms with Crippen LogP contribution >= 0.6 is 0 Å². The molecule has 1 unspecified atom stereocenters. The summed E-state index contributed by atoms with van der Waals surface area (Å²) in [4.78, 5) is 0. The van der Waals surface area contributed by atoms with E-state index in [4.69, 9.17) is 0 Å². The van der Waals surface area contributed by atoms with Gasteiger partial charge in [0.2, 0.25) is 0 Å². The van der Waals surface area contributed by atoms with Gasteiger partial charge in [-0.05, 0) is 50.3 Å². The van der Waals surface area contributed by atoms with Crippen LogP contribution in [0.4, 0.5) is 0 Å². The molecule has 0 nitrogen and oxygen atoms in total. The van der Waals surface area contributed by atoms with E-state index >= 15 is 0 Å². The SMILES string of the molecule is CCC(C#Cc1ccc(C)cc1)CCCc1ccccc1. The first-order valence-electron chi connectivity index (χ1n) is 7.90. The number of rotatable bonds is 5. The van der Waals surface area contributed by atoms with Gasteiger partial charge in [0.1, 0.15) is 0 Å². The van der Waals surface area contributed by atoms with Crippen LogP contribution in [0.2, 0.25) is 0 Å². The van der Waals surface area contributed by atoms with Gasteiger partial charge >= 0.3 is 0 Å². The van der Waals surface area contributed by atoms with E-state index in [0.717, 1.165) is 18.4 Å². The van der Waals surface area contributed by atoms with Gasteiger partial charge in [0.25, 0.3) is 0 Å². The number of hydrogen-bond acceptors (Lipinski definition) is 0. The Kier molecular flexibility index (Phi) is 6.10. The molecular weight excluding hydrogens is 252 g/mol. The second-order valence-electron chi connectivity index (χ2n) is 5.62. The number of hydrogen-bond donors (Lipinski definition) is 0. The van der Waals surface area contributed by atoms with Crippen molar-refractivity contribution in [1.29, 1.82) is 0 Å². The van der Waals surface area contributed by atoms with Crippen LogP contribution in [0.15, 0.2) is 54.6 Å². The highest BCUT2D eigenvalue weighted by Gasteiger charge is 2.02. The molecule has 21 heavy (non-hydrogen) atoms. The van der Waals surface area contributed by atoms with Crippen LogP contribution in [0.1, 0.15) is 42.9 Å². The molecule has 0 N–H and O–H groups in total. The summed E-state index contributed by atoms with van der Waals surface area (Å²) in [6.45, 7) is 4.34. The zero-order valence-corrected chi connectivity index (χ0v) is 13.1. The molecule has 0 saturated carbocycles. The van der Waals surface area contributed by atoms with E-state index in [9.17, 15) is 0 Å². The molecule has 0 saturated heterocycles. The van der Waals surface area contributed by atoms with Gasteiger partial charge in [0, 0.05) is 11.5 Å². The maximum atomic E-state index is 3.44. The van der Waals surface area contributed by atoms with E-state index in [1.54, 1.807) is 0 Å². The Morgan fingerprint density at radius 3 is 2.33 bits per heavy atom. The van der Waals surface area contributed by atoms with Gasteiger partial charge in [0.15, 0.2) is 0 Å². The van der Waals surface area contributed by atoms with E-state index in [1.807, 2.05) is 0 Å². The third-order valence-corrected chi connectivity index (χ3v) is 3.83. The first-order chi connectivity index (χ1) is 10.3. The standard InChI is InChI=1S/C21H24/c1-3-19(10-7-11-20-8-5-4-6-9-20)16-17-21-14-12-18(2)13-15-21/h4-6,8-9,12-15,19H,3,7,10-11H2,1-2H3. The molecule has 1 atom stereocenters. The highest BCUT2D eigenvalue weighted by atomic mass is 14.1. The van der Waals surface area contributed by atoms with Crippen molar-refractivity contribution >= 4 is 0 Å². The van der Waals surface area contributed by atoms with Crippen molar-refractivity contribution in [2.45, 2.75) is 39.5 Å². The maximum Gasteiger partial charge on any atom is 0.0245 e. The Labute approximate surface area is 129 Å². The summed E-state index contributed by atoms with van der Waals surface area (Å²) in [7, 11) is 0. The molecule has 0 heterocycles. The highest BCUT2D eigenvalue weighted by Crippen LogP contribution is 2.13. The van der Waals surface area contributed by atoms with Crippen molar-refractivity contribution in [2.24, 2.45) is 5.92 Å². The molecule has 2 rings (SSSR count). The van der Waals surface area contributed by atoms with Crippen molar-refractivity contribution in [3.8, 4) is 11.8 Å². The fraction of sp³-hybridized carbons (Fsp3) is 0.333. The van der Waals surface area contributed by atoms with Crippen LogP contribution < -0.4 is 0 Å². The Hall–Kier alpha value is -2.00. The second kappa shape index (κ2) is 8.32. The molecule has 0 aliphatic rings. The Balaban J connectivity index is 1.84. The number of benzene rings is 2. The topological polar surface area (TPSA) is 0 Å². The van der Waals surface area contributed by atoms with E-state index in [0.29, 0.717) is 5.92 Å². The molecule has 0 aromatic heterocycles. The lowest BCUT2D eigenvalue weighted by Crippen LogP contribution is -1.97. The smallest absolute Gasteiger partial charge is 0.0245 e. The van der Waals surface area contributed by atoms with Gasteiger partial charge in [-0.1, -0.05) is 66.8 Å². The average Bonchev–Trinajstić information content (AvgIpc) is 2.53. The molecule has 0 bridgehead atoms. The summed E-state index contributed by atoms with van der Waals surface area (Å²) in [6.07, 6.45) is 4.69. The minimum atomic E-state index is 0.509. The van der Waals surface area contributed by atoms with Gasteiger partial charge in [-0.2, -0.15) is 0 Å². The van der Waals surface area contributed by atoms with Gasteiger partial charge in [-0.25, -0.2) is 0 Å². The lowest BCUT2D eigenvalue weighted by molar-refractivity contribution is 0.562. The molecule has 0 aliphatic carbocycles. The van der Waals surface area contributed by atoms with Gasteiger partial charge in [-0.3, -0.25) is 0 Å². The number of aryl methyl sites for hydroxylation is 2. The van der Waals surface area contributed by atoms with Crippen LogP contribution in [0, 0.1) is 24.7 Å². The molecule has 0 fully saturated rings. The normalized spacial score (nSPS) is 11.5. The zero-order valence-electron chi connectivity index (χ0n) is 13.1. The van der Waals surface area contributed by atoms with E-state index in [1.165, 1.54) is 24.0 Å². The van der Waals surface area contributed by atoms with Crippen LogP contribution in [-0.4, -0.2) is 0 Å². The zero-order chi connectivity index (χ0) is 14.9. The van der Waals surface area contributed by atoms with Crippen molar-refractivity contribution in [2.75, 3.05) is 0 Å². The van der Waals surface area contributed by atoms with Crippen LogP contribution in [0.5, 0.6) is 0 Å². The molecule has 2 aromatic rings. The fourth-order valence-corrected chi connectivity index (χ4v) is 2.40.